The van der Waals surface area contributed by atoms with Crippen molar-refractivity contribution < 1.29 is 12.8 Å². The van der Waals surface area contributed by atoms with E-state index >= 15 is 0 Å². The lowest BCUT2D eigenvalue weighted by molar-refractivity contribution is 0.466. The Morgan fingerprint density at radius 3 is 2.76 bits per heavy atom. The highest BCUT2D eigenvalue weighted by atomic mass is 32.2. The summed E-state index contributed by atoms with van der Waals surface area (Å²) in [4.78, 5) is 8.13. The average Bonchev–Trinajstić information content (AvgIpc) is 3.52. The van der Waals surface area contributed by atoms with Crippen molar-refractivity contribution in [2.75, 3.05) is 14.1 Å². The van der Waals surface area contributed by atoms with E-state index in [0.717, 1.165) is 27.8 Å². The topological polar surface area (TPSA) is 110 Å². The molecular weight excluding hydrogens is 460 g/mol. The van der Waals surface area contributed by atoms with Crippen molar-refractivity contribution in [3.8, 4) is 11.5 Å². The van der Waals surface area contributed by atoms with Crippen LogP contribution >= 0.6 is 11.8 Å². The van der Waals surface area contributed by atoms with Crippen molar-refractivity contribution in [1.82, 2.24) is 29.0 Å². The van der Waals surface area contributed by atoms with Gasteiger partial charge in [-0.1, -0.05) is 30.0 Å². The quantitative estimate of drug-likeness (QED) is 0.347. The van der Waals surface area contributed by atoms with Crippen LogP contribution in [0.3, 0.4) is 0 Å². The summed E-state index contributed by atoms with van der Waals surface area (Å²) in [7, 11) is -0.495. The van der Waals surface area contributed by atoms with Gasteiger partial charge in [0, 0.05) is 37.7 Å². The van der Waals surface area contributed by atoms with Crippen LogP contribution in [0.1, 0.15) is 12.7 Å². The van der Waals surface area contributed by atoms with Gasteiger partial charge in [-0.25, -0.2) is 17.7 Å². The number of fused-ring (bicyclic) bond motifs is 2. The second-order valence-electron chi connectivity index (χ2n) is 7.62. The fraction of sp³-hybridized carbons (Fsp3) is 0.227. The maximum atomic E-state index is 12.5. The van der Waals surface area contributed by atoms with Crippen molar-refractivity contribution in [2.45, 2.75) is 29.3 Å². The molecule has 0 aliphatic heterocycles. The fourth-order valence-corrected chi connectivity index (χ4v) is 5.38. The van der Waals surface area contributed by atoms with Crippen molar-refractivity contribution in [3.63, 3.8) is 0 Å². The zero-order valence-corrected chi connectivity index (χ0v) is 19.9. The molecule has 0 saturated carbocycles. The van der Waals surface area contributed by atoms with E-state index in [2.05, 4.69) is 19.7 Å². The summed E-state index contributed by atoms with van der Waals surface area (Å²) < 4.78 is 34.1. The van der Waals surface area contributed by atoms with Gasteiger partial charge in [-0.3, -0.25) is 0 Å². The first-order valence-corrected chi connectivity index (χ1v) is 12.8. The van der Waals surface area contributed by atoms with E-state index < -0.39 is 10.0 Å². The Labute approximate surface area is 194 Å². The second kappa shape index (κ2) is 8.32. The molecule has 5 aromatic rings. The number of nitrogens with zero attached hydrogens (tertiary/aromatic N) is 5. The molecule has 3 heterocycles. The Bertz CT molecular complexity index is 1570. The molecule has 0 saturated heterocycles. The Balaban J connectivity index is 1.41. The molecule has 170 valence electrons. The lowest BCUT2D eigenvalue weighted by Crippen LogP contribution is -2.22. The van der Waals surface area contributed by atoms with Crippen molar-refractivity contribution in [1.29, 1.82) is 0 Å². The van der Waals surface area contributed by atoms with Gasteiger partial charge in [-0.2, -0.15) is 0 Å². The number of aromatic amines is 1. The van der Waals surface area contributed by atoms with Gasteiger partial charge in [0.05, 0.1) is 27.2 Å². The van der Waals surface area contributed by atoms with E-state index in [1.54, 1.807) is 18.2 Å². The van der Waals surface area contributed by atoms with Crippen LogP contribution in [-0.4, -0.2) is 51.6 Å². The number of para-hydroxylation sites is 1. The maximum absolute atomic E-state index is 12.5. The molecule has 0 radical (unpaired) electrons. The molecule has 0 aliphatic rings. The van der Waals surface area contributed by atoms with Crippen LogP contribution < -0.4 is 0 Å². The minimum absolute atomic E-state index is 0.222. The maximum Gasteiger partial charge on any atom is 0.277 e. The summed E-state index contributed by atoms with van der Waals surface area (Å²) in [6, 6.07) is 13.0. The summed E-state index contributed by atoms with van der Waals surface area (Å²) in [6.45, 7) is 2.73. The highest BCUT2D eigenvalue weighted by Crippen LogP contribution is 2.31. The third-order valence-corrected chi connectivity index (χ3v) is 8.07. The van der Waals surface area contributed by atoms with Gasteiger partial charge in [0.25, 0.3) is 11.1 Å². The molecule has 0 unspecified atom stereocenters. The number of hydrogen-bond acceptors (Lipinski definition) is 7. The number of H-pyrrole nitrogens is 1. The first-order valence-electron chi connectivity index (χ1n) is 10.3. The van der Waals surface area contributed by atoms with E-state index in [0.29, 0.717) is 28.9 Å². The molecule has 9 nitrogen and oxygen atoms in total. The number of aryl methyl sites for hydroxylation is 1. The van der Waals surface area contributed by atoms with Crippen LogP contribution in [0.4, 0.5) is 0 Å². The number of imidazole rings is 1. The third kappa shape index (κ3) is 3.81. The Kier molecular flexibility index (Phi) is 5.47. The van der Waals surface area contributed by atoms with Crippen LogP contribution in [-0.2, 0) is 22.3 Å². The predicted octanol–water partition coefficient (Wildman–Crippen LogP) is 4.13. The van der Waals surface area contributed by atoms with Crippen LogP contribution in [0.25, 0.3) is 33.4 Å². The Morgan fingerprint density at radius 1 is 1.15 bits per heavy atom. The first-order chi connectivity index (χ1) is 15.9. The molecule has 3 aromatic heterocycles. The zero-order valence-electron chi connectivity index (χ0n) is 18.3. The minimum Gasteiger partial charge on any atom is -0.411 e. The van der Waals surface area contributed by atoms with Crippen molar-refractivity contribution in [3.05, 3.63) is 54.5 Å². The minimum atomic E-state index is -3.53. The van der Waals surface area contributed by atoms with Crippen LogP contribution in [0.5, 0.6) is 0 Å². The van der Waals surface area contributed by atoms with Crippen molar-refractivity contribution in [2.24, 2.45) is 0 Å². The number of hydrogen-bond donors (Lipinski definition) is 1. The Hall–Kier alpha value is -3.15. The Morgan fingerprint density at radius 2 is 1.97 bits per heavy atom. The van der Waals surface area contributed by atoms with Gasteiger partial charge in [0.15, 0.2) is 0 Å². The number of benzene rings is 2. The summed E-state index contributed by atoms with van der Waals surface area (Å²) in [5, 5.41) is 9.85. The molecule has 5 rings (SSSR count). The van der Waals surface area contributed by atoms with Gasteiger partial charge in [-0.05, 0) is 31.2 Å². The molecule has 0 spiro atoms. The lowest BCUT2D eigenvalue weighted by atomic mass is 10.2. The van der Waals surface area contributed by atoms with Gasteiger partial charge in [-0.15, -0.1) is 10.2 Å². The number of rotatable bonds is 7. The monoisotopic (exact) mass is 482 g/mol. The molecule has 0 fully saturated rings. The van der Waals surface area contributed by atoms with Crippen molar-refractivity contribution >= 4 is 43.7 Å². The van der Waals surface area contributed by atoms with Crippen LogP contribution in [0.15, 0.2) is 63.2 Å². The summed E-state index contributed by atoms with van der Waals surface area (Å²) >= 11 is 1.40. The SMILES string of the molecule is CCn1c(CSc2nnc(-c3c[nH]c4ccccc34)o2)nc2cc(S(=O)(=O)N(C)C)ccc21. The normalized spacial score (nSPS) is 12.4. The largest absolute Gasteiger partial charge is 0.411 e. The standard InChI is InChI=1S/C22H22N6O3S2/c1-4-28-19-10-9-14(33(29,30)27(2)3)11-18(19)24-20(28)13-32-22-26-25-21(31-22)16-12-23-17-8-6-5-7-15(16)17/h5-12,23H,4,13H2,1-3H3. The number of aromatic nitrogens is 5. The first kappa shape index (κ1) is 21.7. The number of nitrogens with one attached hydrogen (secondary N) is 1. The van der Waals surface area contributed by atoms with E-state index in [1.807, 2.05) is 37.4 Å². The zero-order chi connectivity index (χ0) is 23.2. The molecule has 0 aliphatic carbocycles. The molecule has 11 heteroatoms. The molecule has 33 heavy (non-hydrogen) atoms. The molecule has 0 bridgehead atoms. The highest BCUT2D eigenvalue weighted by Gasteiger charge is 2.20. The van der Waals surface area contributed by atoms with E-state index in [-0.39, 0.29) is 4.90 Å². The molecule has 1 N–H and O–H groups in total. The van der Waals surface area contributed by atoms with Gasteiger partial charge >= 0.3 is 0 Å². The smallest absolute Gasteiger partial charge is 0.277 e. The van der Waals surface area contributed by atoms with Gasteiger partial charge < -0.3 is 14.0 Å². The van der Waals surface area contributed by atoms with Gasteiger partial charge in [0.2, 0.25) is 10.0 Å². The molecule has 0 amide bonds. The van der Waals surface area contributed by atoms with Crippen LogP contribution in [0, 0.1) is 0 Å². The summed E-state index contributed by atoms with van der Waals surface area (Å²) in [5.41, 5.74) is 3.39. The highest BCUT2D eigenvalue weighted by molar-refractivity contribution is 7.98. The summed E-state index contributed by atoms with van der Waals surface area (Å²) in [6.07, 6.45) is 1.86. The molecule has 2 aromatic carbocycles. The predicted molar refractivity (Wildman–Crippen MR) is 127 cm³/mol. The van der Waals surface area contributed by atoms with E-state index in [1.165, 1.54) is 30.2 Å². The van der Waals surface area contributed by atoms with Crippen LogP contribution in [0.2, 0.25) is 0 Å². The second-order valence-corrected chi connectivity index (χ2v) is 10.7. The third-order valence-electron chi connectivity index (χ3n) is 5.44. The number of sulfonamides is 1. The summed E-state index contributed by atoms with van der Waals surface area (Å²) in [5.74, 6) is 1.77. The fourth-order valence-electron chi connectivity index (χ4n) is 3.75. The average molecular weight is 483 g/mol. The number of thioether (sulfide) groups is 1. The van der Waals surface area contributed by atoms with Gasteiger partial charge in [0.1, 0.15) is 5.82 Å². The molecule has 0 atom stereocenters. The van der Waals surface area contributed by atoms with E-state index in [9.17, 15) is 8.42 Å². The van der Waals surface area contributed by atoms with E-state index in [4.69, 9.17) is 9.40 Å². The molecular formula is C22H22N6O3S2. The lowest BCUT2D eigenvalue weighted by Gasteiger charge is -2.11.